The maximum absolute atomic E-state index is 12.9. The molecule has 1 fully saturated rings. The fourth-order valence-corrected chi connectivity index (χ4v) is 4.86. The lowest BCUT2D eigenvalue weighted by atomic mass is 10.1. The molecule has 1 heterocycles. The maximum Gasteiger partial charge on any atom is 0.343 e. The highest BCUT2D eigenvalue weighted by Gasteiger charge is 2.35. The van der Waals surface area contributed by atoms with Gasteiger partial charge >= 0.3 is 5.97 Å². The van der Waals surface area contributed by atoms with E-state index < -0.39 is 5.97 Å². The molecule has 3 aromatic rings. The van der Waals surface area contributed by atoms with Crippen LogP contribution in [0.3, 0.4) is 0 Å². The Morgan fingerprint density at radius 1 is 1.00 bits per heavy atom. The third kappa shape index (κ3) is 5.43. The minimum absolute atomic E-state index is 0.178. The van der Waals surface area contributed by atoms with Crippen molar-refractivity contribution in [1.82, 2.24) is 4.90 Å². The molecule has 6 nitrogen and oxygen atoms in total. The van der Waals surface area contributed by atoms with E-state index in [2.05, 4.69) is 31.9 Å². The molecule has 0 bridgehead atoms. The van der Waals surface area contributed by atoms with E-state index in [9.17, 15) is 14.4 Å². The zero-order valence-electron chi connectivity index (χ0n) is 17.8. The number of methoxy groups -OCH3 is 1. The summed E-state index contributed by atoms with van der Waals surface area (Å²) < 4.78 is 12.5. The smallest absolute Gasteiger partial charge is 0.343 e. The van der Waals surface area contributed by atoms with Crippen LogP contribution >= 0.6 is 43.6 Å². The van der Waals surface area contributed by atoms with Crippen LogP contribution in [0.4, 0.5) is 4.79 Å². The first-order valence-electron chi connectivity index (χ1n) is 10.0. The summed E-state index contributed by atoms with van der Waals surface area (Å²) in [5.74, 6) is -0.327. The number of amides is 2. The molecule has 1 saturated heterocycles. The van der Waals surface area contributed by atoms with Crippen LogP contribution in [0, 0.1) is 0 Å². The third-order valence-corrected chi connectivity index (χ3v) is 7.08. The first-order chi connectivity index (χ1) is 16.4. The van der Waals surface area contributed by atoms with E-state index in [1.54, 1.807) is 42.5 Å². The second-order valence-electron chi connectivity index (χ2n) is 7.17. The molecule has 172 valence electrons. The van der Waals surface area contributed by atoms with Crippen molar-refractivity contribution in [3.63, 3.8) is 0 Å². The van der Waals surface area contributed by atoms with E-state index in [4.69, 9.17) is 9.47 Å². The Morgan fingerprint density at radius 3 is 2.53 bits per heavy atom. The molecule has 0 atom stereocenters. The summed E-state index contributed by atoms with van der Waals surface area (Å²) in [6.45, 7) is 0.178. The van der Waals surface area contributed by atoms with Gasteiger partial charge in [0.05, 0.1) is 24.1 Å². The number of esters is 1. The van der Waals surface area contributed by atoms with E-state index in [-0.39, 0.29) is 23.4 Å². The predicted molar refractivity (Wildman–Crippen MR) is 138 cm³/mol. The van der Waals surface area contributed by atoms with E-state index in [1.807, 2.05) is 30.3 Å². The molecular weight excluding hydrogens is 586 g/mol. The maximum atomic E-state index is 12.9. The molecule has 2 amide bonds. The number of hydrogen-bond donors (Lipinski definition) is 0. The summed E-state index contributed by atoms with van der Waals surface area (Å²) >= 11 is 7.66. The van der Waals surface area contributed by atoms with E-state index >= 15 is 0 Å². The summed E-state index contributed by atoms with van der Waals surface area (Å²) in [7, 11) is 1.46. The quantitative estimate of drug-likeness (QED) is 0.178. The van der Waals surface area contributed by atoms with Gasteiger partial charge in [-0.2, -0.15) is 0 Å². The fourth-order valence-electron chi connectivity index (χ4n) is 3.22. The summed E-state index contributed by atoms with van der Waals surface area (Å²) in [4.78, 5) is 39.4. The van der Waals surface area contributed by atoms with Gasteiger partial charge in [-0.1, -0.05) is 62.2 Å². The van der Waals surface area contributed by atoms with Crippen molar-refractivity contribution in [1.29, 1.82) is 0 Å². The monoisotopic (exact) mass is 601 g/mol. The zero-order valence-corrected chi connectivity index (χ0v) is 21.8. The Kier molecular flexibility index (Phi) is 7.55. The van der Waals surface area contributed by atoms with Crippen LogP contribution in [0.15, 0.2) is 80.6 Å². The average molecular weight is 603 g/mol. The van der Waals surface area contributed by atoms with Crippen LogP contribution in [0.25, 0.3) is 6.08 Å². The molecule has 1 aliphatic rings. The number of carbonyl (C=O) groups is 3. The number of rotatable bonds is 6. The first-order valence-corrected chi connectivity index (χ1v) is 12.4. The molecule has 3 aromatic carbocycles. The van der Waals surface area contributed by atoms with Crippen molar-refractivity contribution in [2.24, 2.45) is 0 Å². The summed E-state index contributed by atoms with van der Waals surface area (Å²) in [6, 6.07) is 19.2. The van der Waals surface area contributed by atoms with E-state index in [0.717, 1.165) is 26.3 Å². The Morgan fingerprint density at radius 2 is 1.79 bits per heavy atom. The van der Waals surface area contributed by atoms with Crippen molar-refractivity contribution in [3.05, 3.63) is 97.3 Å². The highest BCUT2D eigenvalue weighted by molar-refractivity contribution is 9.10. The standard InChI is InChI=1S/C25H17Br2NO5S/c1-32-21-11-15(9-10-20(21)33-24(30)16-6-4-7-18(26)13-16)12-22-23(29)28(25(31)34-22)14-17-5-2-3-8-19(17)27/h2-13H,14H2,1H3/b22-12-. The Hall–Kier alpha value is -2.88. The normalized spacial score (nSPS) is 14.6. The van der Waals surface area contributed by atoms with Crippen molar-refractivity contribution in [2.45, 2.75) is 6.54 Å². The predicted octanol–water partition coefficient (Wildman–Crippen LogP) is 6.68. The summed E-state index contributed by atoms with van der Waals surface area (Å²) in [6.07, 6.45) is 1.62. The van der Waals surface area contributed by atoms with Gasteiger partial charge < -0.3 is 9.47 Å². The zero-order chi connectivity index (χ0) is 24.2. The number of nitrogens with zero attached hydrogens (tertiary/aromatic N) is 1. The number of hydrogen-bond acceptors (Lipinski definition) is 6. The lowest BCUT2D eigenvalue weighted by molar-refractivity contribution is -0.123. The molecule has 0 N–H and O–H groups in total. The number of imide groups is 1. The average Bonchev–Trinajstić information content (AvgIpc) is 3.08. The molecule has 4 rings (SSSR count). The van der Waals surface area contributed by atoms with Gasteiger partial charge in [0.15, 0.2) is 11.5 Å². The van der Waals surface area contributed by atoms with Crippen LogP contribution in [0.1, 0.15) is 21.5 Å². The lowest BCUT2D eigenvalue weighted by Crippen LogP contribution is -2.27. The number of ether oxygens (including phenoxy) is 2. The minimum Gasteiger partial charge on any atom is -0.493 e. The van der Waals surface area contributed by atoms with Crippen molar-refractivity contribution < 1.29 is 23.9 Å². The Labute approximate surface area is 217 Å². The molecule has 0 spiro atoms. The van der Waals surface area contributed by atoms with Gasteiger partial charge in [0, 0.05) is 8.95 Å². The molecule has 1 aliphatic heterocycles. The van der Waals surface area contributed by atoms with Gasteiger partial charge in [0.25, 0.3) is 11.1 Å². The van der Waals surface area contributed by atoms with E-state index in [0.29, 0.717) is 21.8 Å². The fraction of sp³-hybridized carbons (Fsp3) is 0.0800. The Bertz CT molecular complexity index is 1320. The molecular formula is C25H17Br2NO5S. The molecule has 0 radical (unpaired) electrons. The SMILES string of the molecule is COc1cc(/C=C2\SC(=O)N(Cc3ccccc3Br)C2=O)ccc1OC(=O)c1cccc(Br)c1. The summed E-state index contributed by atoms with van der Waals surface area (Å²) in [5.41, 5.74) is 1.86. The molecule has 34 heavy (non-hydrogen) atoms. The summed E-state index contributed by atoms with van der Waals surface area (Å²) in [5, 5.41) is -0.335. The number of benzene rings is 3. The van der Waals surface area contributed by atoms with Gasteiger partial charge in [-0.05, 0) is 65.4 Å². The highest BCUT2D eigenvalue weighted by atomic mass is 79.9. The molecule has 0 saturated carbocycles. The minimum atomic E-state index is -0.527. The van der Waals surface area contributed by atoms with Gasteiger partial charge in [0.2, 0.25) is 0 Å². The van der Waals surface area contributed by atoms with Crippen LogP contribution in [0.5, 0.6) is 11.5 Å². The first kappa shape index (κ1) is 24.3. The number of carbonyl (C=O) groups excluding carboxylic acids is 3. The topological polar surface area (TPSA) is 72.9 Å². The van der Waals surface area contributed by atoms with Gasteiger partial charge in [-0.3, -0.25) is 14.5 Å². The molecule has 9 heteroatoms. The van der Waals surface area contributed by atoms with Crippen LogP contribution in [0.2, 0.25) is 0 Å². The van der Waals surface area contributed by atoms with Crippen LogP contribution in [-0.2, 0) is 11.3 Å². The highest BCUT2D eigenvalue weighted by Crippen LogP contribution is 2.36. The second-order valence-corrected chi connectivity index (χ2v) is 9.93. The molecule has 0 aromatic heterocycles. The largest absolute Gasteiger partial charge is 0.493 e. The van der Waals surface area contributed by atoms with Crippen LogP contribution < -0.4 is 9.47 Å². The van der Waals surface area contributed by atoms with Crippen molar-refractivity contribution in [3.8, 4) is 11.5 Å². The van der Waals surface area contributed by atoms with Crippen molar-refractivity contribution in [2.75, 3.05) is 7.11 Å². The van der Waals surface area contributed by atoms with E-state index in [1.165, 1.54) is 12.0 Å². The van der Waals surface area contributed by atoms with Crippen LogP contribution in [-0.4, -0.2) is 29.1 Å². The van der Waals surface area contributed by atoms with Gasteiger partial charge in [-0.25, -0.2) is 4.79 Å². The number of thioether (sulfide) groups is 1. The van der Waals surface area contributed by atoms with Gasteiger partial charge in [0.1, 0.15) is 0 Å². The lowest BCUT2D eigenvalue weighted by Gasteiger charge is -2.13. The second kappa shape index (κ2) is 10.6. The third-order valence-electron chi connectivity index (χ3n) is 4.91. The number of halogens is 2. The Balaban J connectivity index is 1.53. The van der Waals surface area contributed by atoms with Gasteiger partial charge in [-0.15, -0.1) is 0 Å². The van der Waals surface area contributed by atoms with Crippen molar-refractivity contribution >= 4 is 66.8 Å². The molecule has 0 unspecified atom stereocenters. The molecule has 0 aliphatic carbocycles.